The van der Waals surface area contributed by atoms with Gasteiger partial charge in [-0.15, -0.1) is 0 Å². The molecule has 1 rings (SSSR count). The van der Waals surface area contributed by atoms with Crippen LogP contribution >= 0.6 is 0 Å². The molecule has 0 bridgehead atoms. The number of ether oxygens (including phenoxy) is 1. The van der Waals surface area contributed by atoms with Crippen LogP contribution in [0.2, 0.25) is 0 Å². The van der Waals surface area contributed by atoms with Gasteiger partial charge in [0.25, 0.3) is 5.56 Å². The fourth-order valence-electron chi connectivity index (χ4n) is 1.56. The highest BCUT2D eigenvalue weighted by atomic mass is 16.5. The Balaban J connectivity index is 3.10. The first-order valence-electron chi connectivity index (χ1n) is 5.22. The fourth-order valence-corrected chi connectivity index (χ4v) is 1.56. The highest BCUT2D eigenvalue weighted by Gasteiger charge is 2.07. The van der Waals surface area contributed by atoms with Gasteiger partial charge in [-0.25, -0.2) is 0 Å². The van der Waals surface area contributed by atoms with Crippen LogP contribution in [0.5, 0.6) is 5.75 Å². The molecule has 0 saturated heterocycles. The van der Waals surface area contributed by atoms with E-state index in [1.807, 2.05) is 13.0 Å². The highest BCUT2D eigenvalue weighted by molar-refractivity contribution is 5.31. The van der Waals surface area contributed by atoms with E-state index in [4.69, 9.17) is 10.5 Å². The van der Waals surface area contributed by atoms with Crippen molar-refractivity contribution < 1.29 is 4.74 Å². The lowest BCUT2D eigenvalue weighted by Gasteiger charge is -2.09. The molecule has 0 aliphatic heterocycles. The van der Waals surface area contributed by atoms with Crippen LogP contribution in [-0.2, 0) is 12.8 Å². The number of aromatic nitrogens is 1. The zero-order valence-corrected chi connectivity index (χ0v) is 9.30. The number of rotatable bonds is 5. The predicted octanol–water partition coefficient (Wildman–Crippen LogP) is 0.837. The highest BCUT2D eigenvalue weighted by Crippen LogP contribution is 2.16. The van der Waals surface area contributed by atoms with Gasteiger partial charge in [0, 0.05) is 12.0 Å². The van der Waals surface area contributed by atoms with E-state index in [1.54, 1.807) is 7.11 Å². The second kappa shape index (κ2) is 5.56. The standard InChI is InChI=1S/C11H18N2O2/c1-3-4-8-7-10(15-2)9(5-6-12)13-11(8)14/h7H,3-6,12H2,1-2H3,(H,13,14). The van der Waals surface area contributed by atoms with Crippen molar-refractivity contribution in [1.29, 1.82) is 0 Å². The topological polar surface area (TPSA) is 68.1 Å². The van der Waals surface area contributed by atoms with Gasteiger partial charge in [-0.2, -0.15) is 0 Å². The molecule has 3 N–H and O–H groups in total. The van der Waals surface area contributed by atoms with Crippen LogP contribution in [0.3, 0.4) is 0 Å². The quantitative estimate of drug-likeness (QED) is 0.756. The van der Waals surface area contributed by atoms with Gasteiger partial charge in [0.1, 0.15) is 5.75 Å². The first kappa shape index (κ1) is 11.8. The normalized spacial score (nSPS) is 10.3. The van der Waals surface area contributed by atoms with Crippen molar-refractivity contribution in [3.05, 3.63) is 27.7 Å². The Kier molecular flexibility index (Phi) is 4.37. The van der Waals surface area contributed by atoms with Crippen molar-refractivity contribution in [3.8, 4) is 5.75 Å². The molecule has 0 aliphatic rings. The second-order valence-corrected chi connectivity index (χ2v) is 3.46. The van der Waals surface area contributed by atoms with Crippen molar-refractivity contribution in [2.24, 2.45) is 5.73 Å². The van der Waals surface area contributed by atoms with Gasteiger partial charge >= 0.3 is 0 Å². The van der Waals surface area contributed by atoms with Crippen LogP contribution in [0.1, 0.15) is 24.6 Å². The Labute approximate surface area is 89.5 Å². The third-order valence-electron chi connectivity index (χ3n) is 2.29. The summed E-state index contributed by atoms with van der Waals surface area (Å²) < 4.78 is 5.21. The molecule has 0 radical (unpaired) electrons. The van der Waals surface area contributed by atoms with Crippen LogP contribution in [-0.4, -0.2) is 18.6 Å². The van der Waals surface area contributed by atoms with E-state index in [0.717, 1.165) is 29.8 Å². The number of aryl methyl sites for hydroxylation is 1. The van der Waals surface area contributed by atoms with Gasteiger partial charge in [0.2, 0.25) is 0 Å². The van der Waals surface area contributed by atoms with E-state index < -0.39 is 0 Å². The van der Waals surface area contributed by atoms with Crippen LogP contribution in [0, 0.1) is 0 Å². The summed E-state index contributed by atoms with van der Waals surface area (Å²) >= 11 is 0. The maximum Gasteiger partial charge on any atom is 0.251 e. The van der Waals surface area contributed by atoms with Crippen molar-refractivity contribution in [3.63, 3.8) is 0 Å². The first-order valence-corrected chi connectivity index (χ1v) is 5.22. The predicted molar refractivity (Wildman–Crippen MR) is 60.4 cm³/mol. The number of H-pyrrole nitrogens is 1. The summed E-state index contributed by atoms with van der Waals surface area (Å²) in [7, 11) is 1.60. The molecule has 1 aromatic rings. The van der Waals surface area contributed by atoms with Crippen LogP contribution in [0.4, 0.5) is 0 Å². The summed E-state index contributed by atoms with van der Waals surface area (Å²) in [6, 6.07) is 1.81. The molecule has 0 fully saturated rings. The maximum atomic E-state index is 11.6. The van der Waals surface area contributed by atoms with Crippen LogP contribution < -0.4 is 16.0 Å². The average molecular weight is 210 g/mol. The molecule has 0 aromatic carbocycles. The molecule has 4 heteroatoms. The molecule has 0 amide bonds. The third kappa shape index (κ3) is 2.83. The summed E-state index contributed by atoms with van der Waals surface area (Å²) in [5, 5.41) is 0. The maximum absolute atomic E-state index is 11.6. The Hall–Kier alpha value is -1.29. The Morgan fingerprint density at radius 1 is 1.47 bits per heavy atom. The van der Waals surface area contributed by atoms with E-state index in [1.165, 1.54) is 0 Å². The molecule has 1 heterocycles. The molecule has 84 valence electrons. The Bertz CT molecular complexity index is 371. The van der Waals surface area contributed by atoms with Gasteiger partial charge in [-0.3, -0.25) is 4.79 Å². The molecule has 1 aromatic heterocycles. The Morgan fingerprint density at radius 2 is 2.20 bits per heavy atom. The lowest BCUT2D eigenvalue weighted by atomic mass is 10.1. The molecule has 0 atom stereocenters. The number of pyridine rings is 1. The smallest absolute Gasteiger partial charge is 0.251 e. The van der Waals surface area contributed by atoms with Crippen molar-refractivity contribution in [2.45, 2.75) is 26.2 Å². The summed E-state index contributed by atoms with van der Waals surface area (Å²) in [6.45, 7) is 2.54. The molecular formula is C11H18N2O2. The minimum absolute atomic E-state index is 0.0268. The van der Waals surface area contributed by atoms with Gasteiger partial charge in [-0.1, -0.05) is 13.3 Å². The lowest BCUT2D eigenvalue weighted by Crippen LogP contribution is -2.17. The number of hydrogen-bond donors (Lipinski definition) is 2. The number of nitrogens with two attached hydrogens (primary N) is 1. The van der Waals surface area contributed by atoms with Gasteiger partial charge in [0.05, 0.1) is 12.8 Å². The summed E-state index contributed by atoms with van der Waals surface area (Å²) in [4.78, 5) is 14.4. The summed E-state index contributed by atoms with van der Waals surface area (Å²) in [5.41, 5.74) is 6.98. The van der Waals surface area contributed by atoms with Gasteiger partial charge in [0.15, 0.2) is 0 Å². The molecule has 0 spiro atoms. The van der Waals surface area contributed by atoms with E-state index >= 15 is 0 Å². The largest absolute Gasteiger partial charge is 0.495 e. The molecule has 0 unspecified atom stereocenters. The number of hydrogen-bond acceptors (Lipinski definition) is 3. The number of aromatic amines is 1. The molecule has 0 aliphatic carbocycles. The van der Waals surface area contributed by atoms with Gasteiger partial charge < -0.3 is 15.5 Å². The average Bonchev–Trinajstić information content (AvgIpc) is 2.22. The SMILES string of the molecule is CCCc1cc(OC)c(CCN)[nH]c1=O. The third-order valence-corrected chi connectivity index (χ3v) is 2.29. The summed E-state index contributed by atoms with van der Waals surface area (Å²) in [5.74, 6) is 0.725. The van der Waals surface area contributed by atoms with Crippen LogP contribution in [0.25, 0.3) is 0 Å². The monoisotopic (exact) mass is 210 g/mol. The minimum atomic E-state index is -0.0268. The molecule has 4 nitrogen and oxygen atoms in total. The fraction of sp³-hybridized carbons (Fsp3) is 0.545. The van der Waals surface area contributed by atoms with Crippen molar-refractivity contribution in [1.82, 2.24) is 4.98 Å². The first-order chi connectivity index (χ1) is 7.22. The zero-order chi connectivity index (χ0) is 11.3. The van der Waals surface area contributed by atoms with E-state index in [0.29, 0.717) is 13.0 Å². The molecular weight excluding hydrogens is 192 g/mol. The van der Waals surface area contributed by atoms with E-state index in [2.05, 4.69) is 4.98 Å². The number of nitrogens with one attached hydrogen (secondary N) is 1. The Morgan fingerprint density at radius 3 is 2.73 bits per heavy atom. The molecule has 0 saturated carbocycles. The second-order valence-electron chi connectivity index (χ2n) is 3.46. The zero-order valence-electron chi connectivity index (χ0n) is 9.30. The van der Waals surface area contributed by atoms with Crippen molar-refractivity contribution in [2.75, 3.05) is 13.7 Å². The van der Waals surface area contributed by atoms with Gasteiger partial charge in [-0.05, 0) is 19.0 Å². The minimum Gasteiger partial charge on any atom is -0.495 e. The van der Waals surface area contributed by atoms with Crippen LogP contribution in [0.15, 0.2) is 10.9 Å². The molecule has 15 heavy (non-hydrogen) atoms. The summed E-state index contributed by atoms with van der Waals surface area (Å²) in [6.07, 6.45) is 2.35. The lowest BCUT2D eigenvalue weighted by molar-refractivity contribution is 0.405. The van der Waals surface area contributed by atoms with Crippen molar-refractivity contribution >= 4 is 0 Å². The van der Waals surface area contributed by atoms with E-state index in [9.17, 15) is 4.79 Å². The number of methoxy groups -OCH3 is 1. The van der Waals surface area contributed by atoms with E-state index in [-0.39, 0.29) is 5.56 Å².